The molecule has 0 aliphatic carbocycles. The van der Waals surface area contributed by atoms with Crippen molar-refractivity contribution < 1.29 is 19.4 Å². The SMILES string of the molecule is COC(=O)C[C@@H](O)C1CCOC1. The van der Waals surface area contributed by atoms with Gasteiger partial charge in [-0.25, -0.2) is 0 Å². The maximum atomic E-state index is 10.8. The molecule has 1 rings (SSSR count). The highest BCUT2D eigenvalue weighted by atomic mass is 16.5. The Kier molecular flexibility index (Phi) is 3.49. The van der Waals surface area contributed by atoms with Crippen LogP contribution in [0.15, 0.2) is 0 Å². The predicted octanol–water partition coefficient (Wildman–Crippen LogP) is -0.0531. The second-order valence-electron chi connectivity index (χ2n) is 2.97. The van der Waals surface area contributed by atoms with Gasteiger partial charge in [0.05, 0.1) is 26.2 Å². The Morgan fingerprint density at radius 3 is 3.08 bits per heavy atom. The first-order valence-electron chi connectivity index (χ1n) is 4.06. The second-order valence-corrected chi connectivity index (χ2v) is 2.97. The van der Waals surface area contributed by atoms with Crippen LogP contribution in [-0.4, -0.2) is 37.5 Å². The van der Waals surface area contributed by atoms with E-state index in [0.29, 0.717) is 13.2 Å². The van der Waals surface area contributed by atoms with Crippen molar-refractivity contribution in [2.45, 2.75) is 18.9 Å². The maximum absolute atomic E-state index is 10.8. The van der Waals surface area contributed by atoms with Crippen LogP contribution in [0.5, 0.6) is 0 Å². The number of carbonyl (C=O) groups is 1. The van der Waals surface area contributed by atoms with E-state index in [4.69, 9.17) is 4.74 Å². The van der Waals surface area contributed by atoms with Crippen molar-refractivity contribution >= 4 is 5.97 Å². The summed E-state index contributed by atoms with van der Waals surface area (Å²) < 4.78 is 9.52. The molecular formula is C8H14O4. The number of rotatable bonds is 3. The number of hydrogen-bond acceptors (Lipinski definition) is 4. The quantitative estimate of drug-likeness (QED) is 0.609. The summed E-state index contributed by atoms with van der Waals surface area (Å²) in [4.78, 5) is 10.8. The zero-order valence-electron chi connectivity index (χ0n) is 7.16. The molecule has 0 bridgehead atoms. The third kappa shape index (κ3) is 2.46. The highest BCUT2D eigenvalue weighted by Gasteiger charge is 2.25. The molecule has 0 aromatic carbocycles. The zero-order valence-corrected chi connectivity index (χ0v) is 7.16. The van der Waals surface area contributed by atoms with Gasteiger partial charge in [-0.15, -0.1) is 0 Å². The summed E-state index contributed by atoms with van der Waals surface area (Å²) in [6, 6.07) is 0. The van der Waals surface area contributed by atoms with E-state index in [1.165, 1.54) is 7.11 Å². The highest BCUT2D eigenvalue weighted by Crippen LogP contribution is 2.18. The standard InChI is InChI=1S/C8H14O4/c1-11-8(10)4-7(9)6-2-3-12-5-6/h6-7,9H,2-5H2,1H3/t6?,7-/m1/s1. The topological polar surface area (TPSA) is 55.8 Å². The van der Waals surface area contributed by atoms with E-state index in [-0.39, 0.29) is 18.3 Å². The lowest BCUT2D eigenvalue weighted by atomic mass is 9.99. The van der Waals surface area contributed by atoms with Crippen LogP contribution < -0.4 is 0 Å². The molecule has 0 saturated carbocycles. The maximum Gasteiger partial charge on any atom is 0.308 e. The van der Waals surface area contributed by atoms with Gasteiger partial charge in [0.1, 0.15) is 0 Å². The number of aliphatic hydroxyl groups is 1. The van der Waals surface area contributed by atoms with Crippen molar-refractivity contribution in [2.24, 2.45) is 5.92 Å². The molecular weight excluding hydrogens is 160 g/mol. The second kappa shape index (κ2) is 4.42. The minimum atomic E-state index is -0.611. The summed E-state index contributed by atoms with van der Waals surface area (Å²) in [5.41, 5.74) is 0. The molecule has 0 radical (unpaired) electrons. The molecule has 1 fully saturated rings. The van der Waals surface area contributed by atoms with Gasteiger partial charge in [0.2, 0.25) is 0 Å². The zero-order chi connectivity index (χ0) is 8.97. The number of aliphatic hydroxyl groups excluding tert-OH is 1. The number of hydrogen-bond donors (Lipinski definition) is 1. The van der Waals surface area contributed by atoms with E-state index in [2.05, 4.69) is 4.74 Å². The fraction of sp³-hybridized carbons (Fsp3) is 0.875. The van der Waals surface area contributed by atoms with E-state index in [1.54, 1.807) is 0 Å². The van der Waals surface area contributed by atoms with Crippen LogP contribution in [0.1, 0.15) is 12.8 Å². The molecule has 1 heterocycles. The minimum absolute atomic E-state index is 0.0739. The summed E-state index contributed by atoms with van der Waals surface area (Å²) in [5, 5.41) is 9.47. The lowest BCUT2D eigenvalue weighted by Gasteiger charge is -2.14. The molecule has 70 valence electrons. The van der Waals surface area contributed by atoms with Crippen molar-refractivity contribution in [3.63, 3.8) is 0 Å². The van der Waals surface area contributed by atoms with Crippen molar-refractivity contribution in [3.8, 4) is 0 Å². The summed E-state index contributed by atoms with van der Waals surface area (Å²) in [6.45, 7) is 1.24. The normalized spacial score (nSPS) is 25.3. The number of esters is 1. The Hall–Kier alpha value is -0.610. The van der Waals surface area contributed by atoms with Gasteiger partial charge in [0.15, 0.2) is 0 Å². The Labute approximate surface area is 71.5 Å². The predicted molar refractivity (Wildman–Crippen MR) is 41.6 cm³/mol. The summed E-state index contributed by atoms with van der Waals surface area (Å²) in [7, 11) is 1.32. The molecule has 1 saturated heterocycles. The smallest absolute Gasteiger partial charge is 0.308 e. The van der Waals surface area contributed by atoms with Gasteiger partial charge in [0, 0.05) is 12.5 Å². The van der Waals surface area contributed by atoms with Crippen LogP contribution in [0.2, 0.25) is 0 Å². The van der Waals surface area contributed by atoms with Crippen LogP contribution in [-0.2, 0) is 14.3 Å². The van der Waals surface area contributed by atoms with Gasteiger partial charge in [-0.3, -0.25) is 4.79 Å². The van der Waals surface area contributed by atoms with E-state index in [1.807, 2.05) is 0 Å². The molecule has 0 amide bonds. The van der Waals surface area contributed by atoms with E-state index in [9.17, 15) is 9.90 Å². The first-order valence-corrected chi connectivity index (χ1v) is 4.06. The first-order chi connectivity index (χ1) is 5.74. The Morgan fingerprint density at radius 1 is 1.83 bits per heavy atom. The number of ether oxygens (including phenoxy) is 2. The van der Waals surface area contributed by atoms with Crippen LogP contribution in [0.25, 0.3) is 0 Å². The third-order valence-corrected chi connectivity index (χ3v) is 2.11. The fourth-order valence-electron chi connectivity index (χ4n) is 1.28. The Bertz CT molecular complexity index is 151. The molecule has 2 atom stereocenters. The average molecular weight is 174 g/mol. The van der Waals surface area contributed by atoms with Crippen molar-refractivity contribution in [1.29, 1.82) is 0 Å². The molecule has 1 unspecified atom stereocenters. The van der Waals surface area contributed by atoms with Gasteiger partial charge >= 0.3 is 5.97 Å². The highest BCUT2D eigenvalue weighted by molar-refractivity contribution is 5.69. The van der Waals surface area contributed by atoms with Gasteiger partial charge in [-0.05, 0) is 6.42 Å². The van der Waals surface area contributed by atoms with Gasteiger partial charge in [-0.1, -0.05) is 0 Å². The molecule has 1 aliphatic rings. The van der Waals surface area contributed by atoms with Crippen LogP contribution in [0, 0.1) is 5.92 Å². The molecule has 12 heavy (non-hydrogen) atoms. The summed E-state index contributed by atoms with van der Waals surface area (Å²) in [6.07, 6.45) is 0.294. The lowest BCUT2D eigenvalue weighted by molar-refractivity contribution is -0.143. The minimum Gasteiger partial charge on any atom is -0.469 e. The molecule has 4 heteroatoms. The Balaban J connectivity index is 2.26. The van der Waals surface area contributed by atoms with Crippen molar-refractivity contribution in [1.82, 2.24) is 0 Å². The first kappa shape index (κ1) is 9.48. The monoisotopic (exact) mass is 174 g/mol. The lowest BCUT2D eigenvalue weighted by Crippen LogP contribution is -2.24. The fourth-order valence-corrected chi connectivity index (χ4v) is 1.28. The van der Waals surface area contributed by atoms with E-state index >= 15 is 0 Å². The van der Waals surface area contributed by atoms with Gasteiger partial charge < -0.3 is 14.6 Å². The number of carbonyl (C=O) groups excluding carboxylic acids is 1. The van der Waals surface area contributed by atoms with Crippen molar-refractivity contribution in [3.05, 3.63) is 0 Å². The Morgan fingerprint density at radius 2 is 2.58 bits per heavy atom. The molecule has 1 aliphatic heterocycles. The third-order valence-electron chi connectivity index (χ3n) is 2.11. The summed E-state index contributed by atoms with van der Waals surface area (Å²) >= 11 is 0. The molecule has 0 aromatic heterocycles. The van der Waals surface area contributed by atoms with Crippen molar-refractivity contribution in [2.75, 3.05) is 20.3 Å². The molecule has 4 nitrogen and oxygen atoms in total. The molecule has 0 aromatic rings. The number of methoxy groups -OCH3 is 1. The summed E-state index contributed by atoms with van der Waals surface area (Å²) in [5.74, 6) is -0.265. The van der Waals surface area contributed by atoms with E-state index in [0.717, 1.165) is 6.42 Å². The van der Waals surface area contributed by atoms with Gasteiger partial charge in [0.25, 0.3) is 0 Å². The average Bonchev–Trinajstić information content (AvgIpc) is 2.56. The molecule has 1 N–H and O–H groups in total. The van der Waals surface area contributed by atoms with E-state index < -0.39 is 6.10 Å². The molecule has 0 spiro atoms. The van der Waals surface area contributed by atoms with Crippen LogP contribution >= 0.6 is 0 Å². The van der Waals surface area contributed by atoms with Crippen LogP contribution in [0.3, 0.4) is 0 Å². The van der Waals surface area contributed by atoms with Gasteiger partial charge in [-0.2, -0.15) is 0 Å². The van der Waals surface area contributed by atoms with Crippen LogP contribution in [0.4, 0.5) is 0 Å². The largest absolute Gasteiger partial charge is 0.469 e.